The Morgan fingerprint density at radius 1 is 1.14 bits per heavy atom. The number of anilines is 3. The van der Waals surface area contributed by atoms with Crippen molar-refractivity contribution in [3.63, 3.8) is 0 Å². The molecule has 1 aromatic heterocycles. The number of ether oxygens (including phenoxy) is 2. The summed E-state index contributed by atoms with van der Waals surface area (Å²) >= 11 is 0. The van der Waals surface area contributed by atoms with Crippen LogP contribution in [0.25, 0.3) is 0 Å². The van der Waals surface area contributed by atoms with Crippen molar-refractivity contribution in [1.29, 1.82) is 0 Å². The van der Waals surface area contributed by atoms with Crippen molar-refractivity contribution in [2.75, 3.05) is 31.4 Å². The molecule has 0 saturated carbocycles. The van der Waals surface area contributed by atoms with Gasteiger partial charge in [0.15, 0.2) is 17.3 Å². The van der Waals surface area contributed by atoms with E-state index in [2.05, 4.69) is 32.7 Å². The molecule has 0 aliphatic carbocycles. The smallest absolute Gasteiger partial charge is 0.244 e. The summed E-state index contributed by atoms with van der Waals surface area (Å²) in [6.45, 7) is 2.88. The third-order valence-electron chi connectivity index (χ3n) is 2.75. The first kappa shape index (κ1) is 14.8. The second-order valence-electron chi connectivity index (χ2n) is 4.29. The summed E-state index contributed by atoms with van der Waals surface area (Å²) in [7, 11) is 3.20. The summed E-state index contributed by atoms with van der Waals surface area (Å²) in [5, 5.41) is 14.1. The van der Waals surface area contributed by atoms with Crippen molar-refractivity contribution in [3.05, 3.63) is 24.4 Å². The number of nitrogens with zero attached hydrogens (tertiary/aromatic N) is 3. The van der Waals surface area contributed by atoms with Crippen LogP contribution in [0.15, 0.2) is 24.4 Å². The predicted molar refractivity (Wildman–Crippen MR) is 81.4 cm³/mol. The molecule has 0 unspecified atom stereocenters. The fraction of sp³-hybridized carbons (Fsp3) is 0.357. The third-order valence-corrected chi connectivity index (χ3v) is 2.75. The molecule has 2 aromatic rings. The summed E-state index contributed by atoms with van der Waals surface area (Å²) in [6.07, 6.45) is 2.56. The zero-order chi connectivity index (χ0) is 15.1. The molecule has 2 rings (SSSR count). The molecule has 1 heterocycles. The summed E-state index contributed by atoms with van der Waals surface area (Å²) < 4.78 is 10.5. The molecule has 0 spiro atoms. The van der Waals surface area contributed by atoms with Crippen LogP contribution < -0.4 is 20.1 Å². The molecular weight excluding hydrogens is 270 g/mol. The fourth-order valence-corrected chi connectivity index (χ4v) is 1.74. The van der Waals surface area contributed by atoms with Gasteiger partial charge in [-0.2, -0.15) is 10.1 Å². The van der Waals surface area contributed by atoms with E-state index in [0.29, 0.717) is 23.3 Å². The van der Waals surface area contributed by atoms with E-state index in [-0.39, 0.29) is 0 Å². The molecule has 7 nitrogen and oxygen atoms in total. The molecule has 0 aliphatic heterocycles. The lowest BCUT2D eigenvalue weighted by Crippen LogP contribution is -2.06. The highest BCUT2D eigenvalue weighted by Crippen LogP contribution is 2.30. The zero-order valence-corrected chi connectivity index (χ0v) is 12.4. The molecule has 112 valence electrons. The number of nitrogens with one attached hydrogen (secondary N) is 2. The van der Waals surface area contributed by atoms with E-state index in [0.717, 1.165) is 18.7 Å². The largest absolute Gasteiger partial charge is 0.493 e. The molecule has 7 heteroatoms. The van der Waals surface area contributed by atoms with Gasteiger partial charge in [0, 0.05) is 18.3 Å². The van der Waals surface area contributed by atoms with Crippen LogP contribution >= 0.6 is 0 Å². The highest BCUT2D eigenvalue weighted by atomic mass is 16.5. The number of aromatic nitrogens is 3. The van der Waals surface area contributed by atoms with E-state index in [1.54, 1.807) is 20.4 Å². The minimum atomic E-state index is 0.502. The Bertz CT molecular complexity index is 591. The average molecular weight is 289 g/mol. The Kier molecular flexibility index (Phi) is 5.14. The van der Waals surface area contributed by atoms with Crippen molar-refractivity contribution < 1.29 is 9.47 Å². The van der Waals surface area contributed by atoms with Crippen molar-refractivity contribution in [3.8, 4) is 11.5 Å². The monoisotopic (exact) mass is 289 g/mol. The number of benzene rings is 1. The Labute approximate surface area is 123 Å². The maximum atomic E-state index is 5.27. The van der Waals surface area contributed by atoms with E-state index in [1.165, 1.54) is 0 Å². The van der Waals surface area contributed by atoms with Gasteiger partial charge in [0.25, 0.3) is 0 Å². The number of hydrogen-bond acceptors (Lipinski definition) is 7. The average Bonchev–Trinajstić information content (AvgIpc) is 2.53. The van der Waals surface area contributed by atoms with Gasteiger partial charge in [-0.3, -0.25) is 0 Å². The molecule has 0 atom stereocenters. The van der Waals surface area contributed by atoms with Gasteiger partial charge in [0.05, 0.1) is 20.4 Å². The third kappa shape index (κ3) is 3.95. The van der Waals surface area contributed by atoms with Crippen LogP contribution in [0.1, 0.15) is 13.3 Å². The summed E-state index contributed by atoms with van der Waals surface area (Å²) in [6, 6.07) is 5.54. The maximum Gasteiger partial charge on any atom is 0.244 e. The Hall–Kier alpha value is -2.57. The fourth-order valence-electron chi connectivity index (χ4n) is 1.74. The van der Waals surface area contributed by atoms with E-state index in [1.807, 2.05) is 18.2 Å². The zero-order valence-electron chi connectivity index (χ0n) is 12.4. The van der Waals surface area contributed by atoms with Crippen LogP contribution in [0.2, 0.25) is 0 Å². The number of hydrogen-bond donors (Lipinski definition) is 2. The van der Waals surface area contributed by atoms with Gasteiger partial charge in [-0.15, -0.1) is 5.10 Å². The predicted octanol–water partition coefficient (Wildman–Crippen LogP) is 2.45. The lowest BCUT2D eigenvalue weighted by atomic mass is 10.2. The second kappa shape index (κ2) is 7.28. The summed E-state index contributed by atoms with van der Waals surface area (Å²) in [4.78, 5) is 4.34. The second-order valence-corrected chi connectivity index (χ2v) is 4.29. The van der Waals surface area contributed by atoms with Crippen LogP contribution in [0.3, 0.4) is 0 Å². The van der Waals surface area contributed by atoms with Gasteiger partial charge in [-0.1, -0.05) is 6.92 Å². The molecule has 0 fully saturated rings. The van der Waals surface area contributed by atoms with Gasteiger partial charge in [0.2, 0.25) is 5.95 Å². The SMILES string of the molecule is CCCNc1nncc(Nc2ccc(OC)c(OC)c2)n1. The van der Waals surface area contributed by atoms with Gasteiger partial charge < -0.3 is 20.1 Å². The van der Waals surface area contributed by atoms with Crippen molar-refractivity contribution in [2.45, 2.75) is 13.3 Å². The molecule has 0 saturated heterocycles. The standard InChI is InChI=1S/C14H19N5O2/c1-4-7-15-14-18-13(9-16-19-14)17-10-5-6-11(20-2)12(8-10)21-3/h5-6,8-9H,4,7H2,1-3H3,(H2,15,17,18,19). The lowest BCUT2D eigenvalue weighted by Gasteiger charge is -2.11. The van der Waals surface area contributed by atoms with E-state index < -0.39 is 0 Å². The van der Waals surface area contributed by atoms with Crippen LogP contribution in [-0.4, -0.2) is 35.9 Å². The highest BCUT2D eigenvalue weighted by Gasteiger charge is 2.06. The first-order valence-electron chi connectivity index (χ1n) is 6.69. The van der Waals surface area contributed by atoms with E-state index in [9.17, 15) is 0 Å². The normalized spacial score (nSPS) is 10.0. The highest BCUT2D eigenvalue weighted by molar-refractivity contribution is 5.61. The quantitative estimate of drug-likeness (QED) is 0.810. The van der Waals surface area contributed by atoms with Gasteiger partial charge >= 0.3 is 0 Å². The Morgan fingerprint density at radius 2 is 1.95 bits per heavy atom. The summed E-state index contributed by atoms with van der Waals surface area (Å²) in [5.41, 5.74) is 0.828. The summed E-state index contributed by atoms with van der Waals surface area (Å²) in [5.74, 6) is 2.43. The maximum absolute atomic E-state index is 5.27. The lowest BCUT2D eigenvalue weighted by molar-refractivity contribution is 0.355. The van der Waals surface area contributed by atoms with Gasteiger partial charge in [-0.05, 0) is 18.6 Å². The van der Waals surface area contributed by atoms with Crippen LogP contribution in [0.5, 0.6) is 11.5 Å². The van der Waals surface area contributed by atoms with Crippen LogP contribution in [-0.2, 0) is 0 Å². The minimum absolute atomic E-state index is 0.502. The molecular formula is C14H19N5O2. The van der Waals surface area contributed by atoms with Crippen LogP contribution in [0.4, 0.5) is 17.5 Å². The number of rotatable bonds is 7. The van der Waals surface area contributed by atoms with E-state index >= 15 is 0 Å². The molecule has 1 aromatic carbocycles. The Morgan fingerprint density at radius 3 is 2.67 bits per heavy atom. The van der Waals surface area contributed by atoms with Crippen molar-refractivity contribution >= 4 is 17.5 Å². The first-order chi connectivity index (χ1) is 10.3. The molecule has 21 heavy (non-hydrogen) atoms. The van der Waals surface area contributed by atoms with Crippen molar-refractivity contribution in [1.82, 2.24) is 15.2 Å². The van der Waals surface area contributed by atoms with Gasteiger partial charge in [0.1, 0.15) is 0 Å². The number of methoxy groups -OCH3 is 2. The molecule has 0 bridgehead atoms. The van der Waals surface area contributed by atoms with Crippen LogP contribution in [0, 0.1) is 0 Å². The van der Waals surface area contributed by atoms with Crippen molar-refractivity contribution in [2.24, 2.45) is 0 Å². The van der Waals surface area contributed by atoms with E-state index in [4.69, 9.17) is 9.47 Å². The molecule has 2 N–H and O–H groups in total. The molecule has 0 aliphatic rings. The van der Waals surface area contributed by atoms with Gasteiger partial charge in [-0.25, -0.2) is 0 Å². The molecule has 0 amide bonds. The Balaban J connectivity index is 2.14. The minimum Gasteiger partial charge on any atom is -0.493 e. The first-order valence-corrected chi connectivity index (χ1v) is 6.69. The molecule has 0 radical (unpaired) electrons. The topological polar surface area (TPSA) is 81.2 Å².